The van der Waals surface area contributed by atoms with Gasteiger partial charge in [-0.25, -0.2) is 9.78 Å². The molecule has 0 spiro atoms. The second-order valence-corrected chi connectivity index (χ2v) is 9.02. The van der Waals surface area contributed by atoms with Gasteiger partial charge in [0, 0.05) is 19.8 Å². The van der Waals surface area contributed by atoms with Crippen LogP contribution in [-0.2, 0) is 25.5 Å². The Bertz CT molecular complexity index is 1030. The van der Waals surface area contributed by atoms with Gasteiger partial charge < -0.3 is 19.5 Å². The number of carbonyl (C=O) groups is 2. The monoisotopic (exact) mass is 477 g/mol. The third-order valence-electron chi connectivity index (χ3n) is 5.18. The van der Waals surface area contributed by atoms with Crippen LogP contribution < -0.4 is 10.9 Å². The van der Waals surface area contributed by atoms with Gasteiger partial charge in [0.2, 0.25) is 5.91 Å². The molecule has 0 aliphatic carbocycles. The summed E-state index contributed by atoms with van der Waals surface area (Å²) in [6.07, 6.45) is 2.65. The molecular formula is C23H31N3O6S. The number of carbonyl (C=O) groups excluding carboxylic acids is 2. The Morgan fingerprint density at radius 1 is 1.36 bits per heavy atom. The van der Waals surface area contributed by atoms with Crippen molar-refractivity contribution in [1.82, 2.24) is 14.9 Å². The summed E-state index contributed by atoms with van der Waals surface area (Å²) in [7, 11) is 1.30. The smallest absolute Gasteiger partial charge is 0.337 e. The summed E-state index contributed by atoms with van der Waals surface area (Å²) in [6.45, 7) is 6.08. The third kappa shape index (κ3) is 7.02. The van der Waals surface area contributed by atoms with Crippen molar-refractivity contribution in [3.8, 4) is 0 Å². The van der Waals surface area contributed by atoms with Crippen molar-refractivity contribution in [1.29, 1.82) is 0 Å². The lowest BCUT2D eigenvalue weighted by atomic mass is 10.1. The fourth-order valence-electron chi connectivity index (χ4n) is 3.51. The number of fused-ring (bicyclic) bond motifs is 1. The van der Waals surface area contributed by atoms with Crippen molar-refractivity contribution in [2.75, 3.05) is 32.6 Å². The number of hydrogen-bond acceptors (Lipinski definition) is 8. The molecule has 2 aromatic rings. The first-order chi connectivity index (χ1) is 15.9. The Morgan fingerprint density at radius 2 is 2.18 bits per heavy atom. The van der Waals surface area contributed by atoms with Crippen LogP contribution in [-0.4, -0.2) is 66.3 Å². The minimum absolute atomic E-state index is 0.0644. The van der Waals surface area contributed by atoms with Crippen molar-refractivity contribution in [2.45, 2.75) is 57.0 Å². The van der Waals surface area contributed by atoms with Gasteiger partial charge >= 0.3 is 5.97 Å². The van der Waals surface area contributed by atoms with Crippen molar-refractivity contribution < 1.29 is 23.8 Å². The number of thioether (sulfide) groups is 1. The van der Waals surface area contributed by atoms with E-state index < -0.39 is 5.97 Å². The molecule has 3 rings (SSSR count). The second kappa shape index (κ2) is 12.2. The molecule has 33 heavy (non-hydrogen) atoms. The van der Waals surface area contributed by atoms with Crippen LogP contribution in [0.1, 0.15) is 43.5 Å². The van der Waals surface area contributed by atoms with Gasteiger partial charge in [-0.15, -0.1) is 0 Å². The molecule has 1 aliphatic rings. The van der Waals surface area contributed by atoms with Crippen LogP contribution in [0, 0.1) is 0 Å². The number of amides is 1. The summed E-state index contributed by atoms with van der Waals surface area (Å²) in [6, 6.07) is 4.68. The van der Waals surface area contributed by atoms with E-state index in [2.05, 4.69) is 10.3 Å². The van der Waals surface area contributed by atoms with Gasteiger partial charge in [0.15, 0.2) is 5.16 Å². The molecule has 1 amide bonds. The van der Waals surface area contributed by atoms with E-state index in [-0.39, 0.29) is 29.4 Å². The normalized spacial score (nSPS) is 15.8. The first kappa shape index (κ1) is 25.2. The molecule has 1 N–H and O–H groups in total. The molecule has 0 saturated carbocycles. The largest absolute Gasteiger partial charge is 0.465 e. The van der Waals surface area contributed by atoms with Crippen LogP contribution in [0.3, 0.4) is 0 Å². The molecule has 0 bridgehead atoms. The van der Waals surface area contributed by atoms with E-state index in [1.54, 1.807) is 16.7 Å². The van der Waals surface area contributed by atoms with Crippen molar-refractivity contribution in [2.24, 2.45) is 0 Å². The van der Waals surface area contributed by atoms with Gasteiger partial charge in [-0.2, -0.15) is 0 Å². The lowest BCUT2D eigenvalue weighted by Crippen LogP contribution is -2.30. The number of rotatable bonds is 11. The molecule has 9 nitrogen and oxygen atoms in total. The first-order valence-electron chi connectivity index (χ1n) is 11.1. The topological polar surface area (TPSA) is 109 Å². The van der Waals surface area contributed by atoms with E-state index in [1.165, 1.54) is 24.9 Å². The Balaban J connectivity index is 1.77. The Hall–Kier alpha value is -2.43. The van der Waals surface area contributed by atoms with Gasteiger partial charge in [-0.3, -0.25) is 14.2 Å². The Morgan fingerprint density at radius 3 is 2.88 bits per heavy atom. The van der Waals surface area contributed by atoms with Crippen molar-refractivity contribution in [3.63, 3.8) is 0 Å². The first-order valence-corrected chi connectivity index (χ1v) is 12.1. The van der Waals surface area contributed by atoms with Gasteiger partial charge in [0.25, 0.3) is 5.56 Å². The molecule has 1 aromatic heterocycles. The van der Waals surface area contributed by atoms with E-state index in [4.69, 9.17) is 14.2 Å². The maximum absolute atomic E-state index is 13.3. The number of methoxy groups -OCH3 is 1. The molecule has 1 unspecified atom stereocenters. The SMILES string of the molecule is COC(=O)c1ccc2c(=O)n(CC3CCCO3)c(SCC(=O)NCCCOC(C)C)nc2c1. The zero-order chi connectivity index (χ0) is 23.8. The molecule has 1 atom stereocenters. The summed E-state index contributed by atoms with van der Waals surface area (Å²) in [5.41, 5.74) is 0.479. The molecule has 2 heterocycles. The molecular weight excluding hydrogens is 446 g/mol. The minimum atomic E-state index is -0.503. The number of ether oxygens (including phenoxy) is 3. The fourth-order valence-corrected chi connectivity index (χ4v) is 4.35. The van der Waals surface area contributed by atoms with Crippen LogP contribution in [0.5, 0.6) is 0 Å². The average Bonchev–Trinajstić information content (AvgIpc) is 3.31. The maximum atomic E-state index is 13.3. The molecule has 180 valence electrons. The molecule has 1 fully saturated rings. The molecule has 1 aliphatic heterocycles. The fraction of sp³-hybridized carbons (Fsp3) is 0.565. The highest BCUT2D eigenvalue weighted by Crippen LogP contribution is 2.22. The predicted molar refractivity (Wildman–Crippen MR) is 126 cm³/mol. The highest BCUT2D eigenvalue weighted by atomic mass is 32.2. The summed E-state index contributed by atoms with van der Waals surface area (Å²) < 4.78 is 17.5. The lowest BCUT2D eigenvalue weighted by molar-refractivity contribution is -0.118. The zero-order valence-electron chi connectivity index (χ0n) is 19.3. The summed E-state index contributed by atoms with van der Waals surface area (Å²) in [5, 5.41) is 3.68. The van der Waals surface area contributed by atoms with Crippen LogP contribution in [0.25, 0.3) is 10.9 Å². The van der Waals surface area contributed by atoms with E-state index in [0.717, 1.165) is 19.3 Å². The highest BCUT2D eigenvalue weighted by molar-refractivity contribution is 7.99. The van der Waals surface area contributed by atoms with E-state index in [0.29, 0.717) is 47.9 Å². The van der Waals surface area contributed by atoms with Crippen LogP contribution in [0.2, 0.25) is 0 Å². The number of aromatic nitrogens is 2. The van der Waals surface area contributed by atoms with Crippen molar-refractivity contribution in [3.05, 3.63) is 34.1 Å². The predicted octanol–water partition coefficient (Wildman–Crippen LogP) is 2.39. The molecule has 0 radical (unpaired) electrons. The van der Waals surface area contributed by atoms with Gasteiger partial charge in [-0.05, 0) is 51.3 Å². The van der Waals surface area contributed by atoms with E-state index in [1.807, 2.05) is 13.8 Å². The second-order valence-electron chi connectivity index (χ2n) is 8.08. The molecule has 10 heteroatoms. The number of nitrogens with one attached hydrogen (secondary N) is 1. The van der Waals surface area contributed by atoms with Crippen LogP contribution in [0.15, 0.2) is 28.2 Å². The van der Waals surface area contributed by atoms with E-state index >= 15 is 0 Å². The van der Waals surface area contributed by atoms with Gasteiger partial charge in [0.05, 0.1) is 48.1 Å². The standard InChI is InChI=1S/C23H31N3O6S/c1-15(2)31-11-5-9-24-20(27)14-33-23-25-19-12-16(22(29)30-3)7-8-18(19)21(28)26(23)13-17-6-4-10-32-17/h7-8,12,15,17H,4-6,9-11,13-14H2,1-3H3,(H,24,27). The Kier molecular flexibility index (Phi) is 9.28. The average molecular weight is 478 g/mol. The van der Waals surface area contributed by atoms with Gasteiger partial charge in [0.1, 0.15) is 0 Å². The Labute approximate surface area is 197 Å². The highest BCUT2D eigenvalue weighted by Gasteiger charge is 2.21. The number of benzene rings is 1. The summed E-state index contributed by atoms with van der Waals surface area (Å²) in [4.78, 5) is 42.1. The molecule has 1 aromatic carbocycles. The van der Waals surface area contributed by atoms with Crippen LogP contribution >= 0.6 is 11.8 Å². The lowest BCUT2D eigenvalue weighted by Gasteiger charge is -2.16. The third-order valence-corrected chi connectivity index (χ3v) is 6.15. The van der Waals surface area contributed by atoms with Crippen molar-refractivity contribution >= 4 is 34.5 Å². The quantitative estimate of drug-likeness (QED) is 0.227. The number of nitrogens with zero attached hydrogens (tertiary/aromatic N) is 2. The maximum Gasteiger partial charge on any atom is 0.337 e. The van der Waals surface area contributed by atoms with Gasteiger partial charge in [-0.1, -0.05) is 11.8 Å². The summed E-state index contributed by atoms with van der Waals surface area (Å²) in [5.74, 6) is -0.534. The molecule has 1 saturated heterocycles. The van der Waals surface area contributed by atoms with Crippen LogP contribution in [0.4, 0.5) is 0 Å². The number of hydrogen-bond donors (Lipinski definition) is 1. The summed E-state index contributed by atoms with van der Waals surface area (Å²) >= 11 is 1.19. The minimum Gasteiger partial charge on any atom is -0.465 e. The van der Waals surface area contributed by atoms with E-state index in [9.17, 15) is 14.4 Å². The number of esters is 1. The zero-order valence-corrected chi connectivity index (χ0v) is 20.1.